The molecule has 0 aromatic heterocycles. The topological polar surface area (TPSA) is 81.8 Å². The van der Waals surface area contributed by atoms with Crippen LogP contribution in [-0.2, 0) is 21.4 Å². The van der Waals surface area contributed by atoms with Crippen molar-refractivity contribution in [2.45, 2.75) is 102 Å². The van der Waals surface area contributed by atoms with Crippen LogP contribution in [-0.4, -0.2) is 76.6 Å². The molecular formula is C29H47ClN4O3S3. The minimum absolute atomic E-state index is 0. The first-order valence-corrected chi connectivity index (χ1v) is 17.8. The molecule has 2 saturated heterocycles. The average Bonchev–Trinajstić information content (AvgIpc) is 3.44. The first kappa shape index (κ1) is 33.6. The molecule has 3 aliphatic rings. The zero-order valence-electron chi connectivity index (χ0n) is 23.9. The molecule has 2 N–H and O–H groups in total. The van der Waals surface area contributed by atoms with E-state index in [9.17, 15) is 13.2 Å². The largest absolute Gasteiger partial charge is 0.375 e. The molecular weight excluding hydrogens is 584 g/mol. The molecule has 0 radical (unpaired) electrons. The number of likely N-dealkylation sites (tertiary alicyclic amines) is 1. The molecule has 2 heterocycles. The highest BCUT2D eigenvalue weighted by Crippen LogP contribution is 2.29. The number of nitrogens with zero attached hydrogens (tertiary/aromatic N) is 2. The number of thiocarbonyl (C=S) groups is 1. The van der Waals surface area contributed by atoms with Gasteiger partial charge in [0, 0.05) is 31.4 Å². The number of carbonyl (C=O) groups is 1. The lowest BCUT2D eigenvalue weighted by Crippen LogP contribution is -2.55. The third-order valence-electron chi connectivity index (χ3n) is 8.47. The van der Waals surface area contributed by atoms with Crippen LogP contribution in [0.2, 0.25) is 0 Å². The molecule has 4 rings (SSSR count). The van der Waals surface area contributed by atoms with Crippen molar-refractivity contribution < 1.29 is 13.2 Å². The summed E-state index contributed by atoms with van der Waals surface area (Å²) >= 11 is 7.41. The molecule has 7 nitrogen and oxygen atoms in total. The molecule has 1 aromatic rings. The van der Waals surface area contributed by atoms with E-state index in [0.717, 1.165) is 45.3 Å². The Morgan fingerprint density at radius 2 is 1.75 bits per heavy atom. The van der Waals surface area contributed by atoms with Gasteiger partial charge in [-0.1, -0.05) is 74.7 Å². The Bertz CT molecular complexity index is 1050. The van der Waals surface area contributed by atoms with Gasteiger partial charge >= 0.3 is 0 Å². The summed E-state index contributed by atoms with van der Waals surface area (Å²) in [4.78, 5) is 16.7. The fourth-order valence-corrected chi connectivity index (χ4v) is 9.28. The van der Waals surface area contributed by atoms with Crippen molar-refractivity contribution in [3.05, 3.63) is 35.9 Å². The molecule has 0 bridgehead atoms. The highest BCUT2D eigenvalue weighted by atomic mass is 35.5. The Balaban J connectivity index is 0.00000441. The summed E-state index contributed by atoms with van der Waals surface area (Å²) in [6, 6.07) is 9.92. The number of halogens is 1. The van der Waals surface area contributed by atoms with Crippen LogP contribution in [0.1, 0.15) is 77.2 Å². The number of carbonyl (C=O) groups excluding carboxylic acids is 1. The van der Waals surface area contributed by atoms with Crippen LogP contribution < -0.4 is 10.6 Å². The summed E-state index contributed by atoms with van der Waals surface area (Å²) in [5.41, 5.74) is 1.34. The molecule has 226 valence electrons. The fraction of sp³-hybridized carbons (Fsp3) is 0.724. The van der Waals surface area contributed by atoms with Gasteiger partial charge in [-0.25, -0.2) is 8.42 Å². The van der Waals surface area contributed by atoms with Gasteiger partial charge in [0.05, 0.1) is 22.2 Å². The van der Waals surface area contributed by atoms with Gasteiger partial charge < -0.3 is 10.6 Å². The summed E-state index contributed by atoms with van der Waals surface area (Å²) in [6.45, 7) is 6.33. The summed E-state index contributed by atoms with van der Waals surface area (Å²) in [6.07, 6.45) is 10.2. The van der Waals surface area contributed by atoms with Crippen molar-refractivity contribution in [1.82, 2.24) is 19.8 Å². The Kier molecular flexibility index (Phi) is 13.5. The lowest BCUT2D eigenvalue weighted by atomic mass is 9.85. The monoisotopic (exact) mass is 630 g/mol. The van der Waals surface area contributed by atoms with Crippen molar-refractivity contribution in [2.75, 3.05) is 24.7 Å². The van der Waals surface area contributed by atoms with Gasteiger partial charge in [0.2, 0.25) is 15.9 Å². The molecule has 1 aromatic carbocycles. The summed E-state index contributed by atoms with van der Waals surface area (Å²) in [5, 5.41) is 6.25. The maximum Gasteiger partial charge on any atom is 0.239 e. The van der Waals surface area contributed by atoms with Crippen LogP contribution in [0.15, 0.2) is 30.3 Å². The molecule has 2 aliphatic heterocycles. The first-order chi connectivity index (χ1) is 18.7. The molecule has 3 fully saturated rings. The molecule has 0 unspecified atom stereocenters. The van der Waals surface area contributed by atoms with Gasteiger partial charge in [-0.3, -0.25) is 9.69 Å². The van der Waals surface area contributed by atoms with Crippen LogP contribution in [0.25, 0.3) is 0 Å². The second-order valence-corrected chi connectivity index (χ2v) is 15.6. The maximum absolute atomic E-state index is 13.5. The average molecular weight is 631 g/mol. The molecule has 1 saturated carbocycles. The fourth-order valence-electron chi connectivity index (χ4n) is 5.95. The van der Waals surface area contributed by atoms with Gasteiger partial charge in [0.25, 0.3) is 0 Å². The first-order valence-electron chi connectivity index (χ1n) is 14.7. The van der Waals surface area contributed by atoms with Crippen LogP contribution in [0.5, 0.6) is 0 Å². The van der Waals surface area contributed by atoms with E-state index in [1.54, 1.807) is 13.8 Å². The third-order valence-corrected chi connectivity index (χ3v) is 12.3. The van der Waals surface area contributed by atoms with Crippen molar-refractivity contribution >= 4 is 57.3 Å². The number of nitrogens with one attached hydrogen (secondary N) is 2. The van der Waals surface area contributed by atoms with Crippen molar-refractivity contribution in [3.63, 3.8) is 0 Å². The predicted molar refractivity (Wildman–Crippen MR) is 172 cm³/mol. The zero-order valence-corrected chi connectivity index (χ0v) is 27.2. The molecule has 11 heteroatoms. The number of hydrogen-bond acceptors (Lipinski definition) is 6. The normalized spacial score (nSPS) is 22.5. The van der Waals surface area contributed by atoms with E-state index in [2.05, 4.69) is 45.9 Å². The van der Waals surface area contributed by atoms with Crippen LogP contribution in [0.4, 0.5) is 0 Å². The third kappa shape index (κ3) is 9.30. The molecule has 40 heavy (non-hydrogen) atoms. The number of thioether (sulfide) groups is 1. The lowest BCUT2D eigenvalue weighted by molar-refractivity contribution is -0.124. The number of hydrogen-bond donors (Lipinski definition) is 2. The minimum Gasteiger partial charge on any atom is -0.375 e. The second-order valence-electron chi connectivity index (χ2n) is 11.7. The highest BCUT2D eigenvalue weighted by Gasteiger charge is 2.41. The van der Waals surface area contributed by atoms with E-state index in [1.165, 1.54) is 53.7 Å². The van der Waals surface area contributed by atoms with Crippen LogP contribution in [0, 0.1) is 5.92 Å². The number of benzene rings is 1. The molecule has 0 spiro atoms. The lowest BCUT2D eigenvalue weighted by Gasteiger charge is -2.34. The number of piperidine rings is 1. The number of amides is 1. The molecule has 2 atom stereocenters. The van der Waals surface area contributed by atoms with Gasteiger partial charge in [-0.05, 0) is 51.0 Å². The molecule has 1 amide bonds. The Labute approximate surface area is 257 Å². The standard InChI is InChI=1S/C29H46N4O3S3.ClH/c1-22(2)39(35,36)33-21-38-20-27(33)28(34)31-26(14-13-23-9-5-3-6-10-23)29(37)30-25-15-17-32(18-16-25)19-24-11-7-4-8-12-24;/h4,7-8,11-12,22-23,25-27H,3,5-6,9-10,13-21H2,1-2H3,(H,30,37)(H,31,34);1H/t26-,27+;/m1./s1. The summed E-state index contributed by atoms with van der Waals surface area (Å²) < 4.78 is 27.2. The van der Waals surface area contributed by atoms with Gasteiger partial charge in [-0.15, -0.1) is 24.2 Å². The van der Waals surface area contributed by atoms with Gasteiger partial charge in [-0.2, -0.15) is 4.31 Å². The van der Waals surface area contributed by atoms with E-state index < -0.39 is 21.3 Å². The maximum atomic E-state index is 13.5. The van der Waals surface area contributed by atoms with Crippen molar-refractivity contribution in [3.8, 4) is 0 Å². The van der Waals surface area contributed by atoms with E-state index in [-0.39, 0.29) is 24.4 Å². The Morgan fingerprint density at radius 3 is 2.40 bits per heavy atom. The van der Waals surface area contributed by atoms with Gasteiger partial charge in [0.15, 0.2) is 0 Å². The molecule has 1 aliphatic carbocycles. The van der Waals surface area contributed by atoms with E-state index in [4.69, 9.17) is 12.2 Å². The SMILES string of the molecule is CC(C)S(=O)(=O)N1CSC[C@H]1C(=O)N[C@H](CCC1CCCCC1)C(=S)NC1CCN(Cc2ccccc2)CC1.Cl. The predicted octanol–water partition coefficient (Wildman–Crippen LogP) is 4.95. The Hall–Kier alpha value is -0.910. The smallest absolute Gasteiger partial charge is 0.239 e. The van der Waals surface area contributed by atoms with Crippen molar-refractivity contribution in [2.24, 2.45) is 5.92 Å². The quantitative estimate of drug-likeness (QED) is 0.335. The van der Waals surface area contributed by atoms with E-state index in [1.807, 2.05) is 0 Å². The van der Waals surface area contributed by atoms with E-state index >= 15 is 0 Å². The van der Waals surface area contributed by atoms with Crippen LogP contribution in [0.3, 0.4) is 0 Å². The van der Waals surface area contributed by atoms with Crippen LogP contribution >= 0.6 is 36.4 Å². The highest BCUT2D eigenvalue weighted by molar-refractivity contribution is 8.00. The van der Waals surface area contributed by atoms with Gasteiger partial charge in [0.1, 0.15) is 6.04 Å². The summed E-state index contributed by atoms with van der Waals surface area (Å²) in [5.74, 6) is 1.27. The number of rotatable bonds is 11. The summed E-state index contributed by atoms with van der Waals surface area (Å²) in [7, 11) is -3.51. The second kappa shape index (κ2) is 16.1. The van der Waals surface area contributed by atoms with Crippen molar-refractivity contribution in [1.29, 1.82) is 0 Å². The number of sulfonamides is 1. The van der Waals surface area contributed by atoms with E-state index in [0.29, 0.717) is 28.6 Å². The Morgan fingerprint density at radius 1 is 1.07 bits per heavy atom. The minimum atomic E-state index is -3.51. The zero-order chi connectivity index (χ0) is 27.8.